The molecule has 0 saturated carbocycles. The number of para-hydroxylation sites is 1. The van der Waals surface area contributed by atoms with Crippen LogP contribution < -0.4 is 10.1 Å². The van der Waals surface area contributed by atoms with Crippen LogP contribution in [0.1, 0.15) is 12.7 Å². The summed E-state index contributed by atoms with van der Waals surface area (Å²) < 4.78 is 11.1. The summed E-state index contributed by atoms with van der Waals surface area (Å²) in [6.07, 6.45) is 2.49. The SMILES string of the molecule is CCNC(=NCCc1ccco1)N(C)CCOc1ccccc1.I. The predicted molar refractivity (Wildman–Crippen MR) is 108 cm³/mol. The Hall–Kier alpha value is -1.70. The molecule has 1 heterocycles. The Morgan fingerprint density at radius 2 is 2.00 bits per heavy atom. The molecule has 0 aliphatic carbocycles. The summed E-state index contributed by atoms with van der Waals surface area (Å²) in [5.41, 5.74) is 0. The van der Waals surface area contributed by atoms with Crippen LogP contribution in [-0.4, -0.2) is 44.1 Å². The second kappa shape index (κ2) is 11.8. The molecule has 2 rings (SSSR count). The molecule has 0 spiro atoms. The van der Waals surface area contributed by atoms with Crippen LogP contribution >= 0.6 is 24.0 Å². The molecule has 0 bridgehead atoms. The summed E-state index contributed by atoms with van der Waals surface area (Å²) >= 11 is 0. The largest absolute Gasteiger partial charge is 0.492 e. The lowest BCUT2D eigenvalue weighted by molar-refractivity contribution is 0.281. The Labute approximate surface area is 161 Å². The molecule has 0 amide bonds. The maximum absolute atomic E-state index is 5.73. The highest BCUT2D eigenvalue weighted by Crippen LogP contribution is 2.07. The van der Waals surface area contributed by atoms with Crippen LogP contribution in [0.25, 0.3) is 0 Å². The molecule has 0 saturated heterocycles. The Morgan fingerprint density at radius 1 is 1.21 bits per heavy atom. The first-order chi connectivity index (χ1) is 11.3. The normalized spacial score (nSPS) is 10.8. The maximum Gasteiger partial charge on any atom is 0.193 e. The Kier molecular flexibility index (Phi) is 9.98. The van der Waals surface area contributed by atoms with Crippen molar-refractivity contribution in [1.82, 2.24) is 10.2 Å². The van der Waals surface area contributed by atoms with E-state index in [-0.39, 0.29) is 24.0 Å². The van der Waals surface area contributed by atoms with E-state index in [1.807, 2.05) is 49.5 Å². The van der Waals surface area contributed by atoms with Gasteiger partial charge in [-0.2, -0.15) is 0 Å². The molecule has 6 heteroatoms. The number of rotatable bonds is 8. The van der Waals surface area contributed by atoms with Crippen molar-refractivity contribution < 1.29 is 9.15 Å². The minimum Gasteiger partial charge on any atom is -0.492 e. The summed E-state index contributed by atoms with van der Waals surface area (Å²) in [4.78, 5) is 6.71. The molecule has 0 atom stereocenters. The lowest BCUT2D eigenvalue weighted by atomic mass is 10.3. The Balaban J connectivity index is 0.00000288. The van der Waals surface area contributed by atoms with Crippen molar-refractivity contribution in [3.05, 3.63) is 54.5 Å². The van der Waals surface area contributed by atoms with Crippen LogP contribution in [0.3, 0.4) is 0 Å². The number of guanidine groups is 1. The highest BCUT2D eigenvalue weighted by Gasteiger charge is 2.06. The topological polar surface area (TPSA) is 50.0 Å². The van der Waals surface area contributed by atoms with Crippen LogP contribution in [0.4, 0.5) is 0 Å². The standard InChI is InChI=1S/C18H25N3O2.HI/c1-3-19-18(20-12-11-17-10-7-14-22-17)21(2)13-15-23-16-8-5-4-6-9-16;/h4-10,14H,3,11-13,15H2,1-2H3,(H,19,20);1H. The fourth-order valence-corrected chi connectivity index (χ4v) is 2.12. The van der Waals surface area contributed by atoms with Gasteiger partial charge in [0.25, 0.3) is 0 Å². The third-order valence-corrected chi connectivity index (χ3v) is 3.33. The smallest absolute Gasteiger partial charge is 0.193 e. The number of nitrogens with one attached hydrogen (secondary N) is 1. The Morgan fingerprint density at radius 3 is 2.67 bits per heavy atom. The van der Waals surface area contributed by atoms with Crippen molar-refractivity contribution in [3.63, 3.8) is 0 Å². The van der Waals surface area contributed by atoms with E-state index in [4.69, 9.17) is 9.15 Å². The van der Waals surface area contributed by atoms with E-state index in [1.165, 1.54) is 0 Å². The van der Waals surface area contributed by atoms with Crippen molar-refractivity contribution in [2.45, 2.75) is 13.3 Å². The van der Waals surface area contributed by atoms with E-state index >= 15 is 0 Å². The molecule has 5 nitrogen and oxygen atoms in total. The molecule has 0 fully saturated rings. The molecule has 2 aromatic rings. The predicted octanol–water partition coefficient (Wildman–Crippen LogP) is 3.42. The molecule has 24 heavy (non-hydrogen) atoms. The lowest BCUT2D eigenvalue weighted by Gasteiger charge is -2.22. The van der Waals surface area contributed by atoms with Crippen LogP contribution in [0, 0.1) is 0 Å². The number of likely N-dealkylation sites (N-methyl/N-ethyl adjacent to an activating group) is 1. The summed E-state index contributed by atoms with van der Waals surface area (Å²) in [6.45, 7) is 4.98. The zero-order valence-corrected chi connectivity index (χ0v) is 16.6. The highest BCUT2D eigenvalue weighted by molar-refractivity contribution is 14.0. The number of nitrogens with zero attached hydrogens (tertiary/aromatic N) is 2. The van der Waals surface area contributed by atoms with Gasteiger partial charge in [-0.3, -0.25) is 4.99 Å². The number of hydrogen-bond acceptors (Lipinski definition) is 3. The first-order valence-corrected chi connectivity index (χ1v) is 7.99. The Bertz CT molecular complexity index is 573. The minimum absolute atomic E-state index is 0. The van der Waals surface area contributed by atoms with Gasteiger partial charge in [0, 0.05) is 26.6 Å². The molecular formula is C18H26IN3O2. The number of ether oxygens (including phenoxy) is 1. The van der Waals surface area contributed by atoms with E-state index in [1.54, 1.807) is 6.26 Å². The molecule has 1 N–H and O–H groups in total. The van der Waals surface area contributed by atoms with Crippen molar-refractivity contribution in [1.29, 1.82) is 0 Å². The van der Waals surface area contributed by atoms with Crippen molar-refractivity contribution in [3.8, 4) is 5.75 Å². The van der Waals surface area contributed by atoms with Crippen LogP contribution in [-0.2, 0) is 6.42 Å². The average Bonchev–Trinajstić information content (AvgIpc) is 3.08. The van der Waals surface area contributed by atoms with E-state index in [0.29, 0.717) is 13.2 Å². The van der Waals surface area contributed by atoms with Gasteiger partial charge in [-0.1, -0.05) is 18.2 Å². The molecule has 0 unspecified atom stereocenters. The third-order valence-electron chi connectivity index (χ3n) is 3.33. The van der Waals surface area contributed by atoms with Gasteiger partial charge in [-0.25, -0.2) is 0 Å². The van der Waals surface area contributed by atoms with Gasteiger partial charge in [0.15, 0.2) is 5.96 Å². The van der Waals surface area contributed by atoms with Crippen LogP contribution in [0.5, 0.6) is 5.75 Å². The quantitative estimate of drug-likeness (QED) is 0.386. The first-order valence-electron chi connectivity index (χ1n) is 7.99. The van der Waals surface area contributed by atoms with E-state index in [0.717, 1.165) is 37.0 Å². The van der Waals surface area contributed by atoms with Gasteiger partial charge in [0.05, 0.1) is 12.8 Å². The summed E-state index contributed by atoms with van der Waals surface area (Å²) in [5.74, 6) is 2.73. The third kappa shape index (κ3) is 7.25. The number of benzene rings is 1. The zero-order chi connectivity index (χ0) is 16.3. The molecule has 132 valence electrons. The molecule has 0 aliphatic rings. The number of furan rings is 1. The summed E-state index contributed by atoms with van der Waals surface area (Å²) in [6, 6.07) is 13.7. The van der Waals surface area contributed by atoms with E-state index in [2.05, 4.69) is 22.1 Å². The van der Waals surface area contributed by atoms with E-state index < -0.39 is 0 Å². The molecule has 1 aromatic carbocycles. The van der Waals surface area contributed by atoms with Crippen molar-refractivity contribution in [2.24, 2.45) is 4.99 Å². The highest BCUT2D eigenvalue weighted by atomic mass is 127. The number of aliphatic imine (C=N–C) groups is 1. The minimum atomic E-state index is 0. The summed E-state index contributed by atoms with van der Waals surface area (Å²) in [5, 5.41) is 3.30. The monoisotopic (exact) mass is 443 g/mol. The van der Waals surface area contributed by atoms with Gasteiger partial charge in [-0.05, 0) is 31.2 Å². The molecule has 0 aliphatic heterocycles. The van der Waals surface area contributed by atoms with Gasteiger partial charge >= 0.3 is 0 Å². The van der Waals surface area contributed by atoms with Crippen LogP contribution in [0.2, 0.25) is 0 Å². The fourth-order valence-electron chi connectivity index (χ4n) is 2.12. The number of hydrogen-bond donors (Lipinski definition) is 1. The van der Waals surface area contributed by atoms with Crippen molar-refractivity contribution >= 4 is 29.9 Å². The molecule has 0 radical (unpaired) electrons. The lowest BCUT2D eigenvalue weighted by Crippen LogP contribution is -2.41. The van der Waals surface area contributed by atoms with Crippen LogP contribution in [0.15, 0.2) is 58.1 Å². The van der Waals surface area contributed by atoms with Gasteiger partial charge < -0.3 is 19.4 Å². The maximum atomic E-state index is 5.73. The van der Waals surface area contributed by atoms with E-state index in [9.17, 15) is 0 Å². The van der Waals surface area contributed by atoms with Gasteiger partial charge in [0.2, 0.25) is 0 Å². The van der Waals surface area contributed by atoms with Crippen molar-refractivity contribution in [2.75, 3.05) is 33.3 Å². The zero-order valence-electron chi connectivity index (χ0n) is 14.3. The summed E-state index contributed by atoms with van der Waals surface area (Å²) in [7, 11) is 2.02. The average molecular weight is 443 g/mol. The fraction of sp³-hybridized carbons (Fsp3) is 0.389. The first kappa shape index (κ1) is 20.3. The second-order valence-corrected chi connectivity index (χ2v) is 5.15. The second-order valence-electron chi connectivity index (χ2n) is 5.15. The molecule has 1 aromatic heterocycles. The number of halogens is 1. The van der Waals surface area contributed by atoms with Gasteiger partial charge in [0.1, 0.15) is 18.1 Å². The van der Waals surface area contributed by atoms with Gasteiger partial charge in [-0.15, -0.1) is 24.0 Å². The molecular weight excluding hydrogens is 417 g/mol.